The van der Waals surface area contributed by atoms with Gasteiger partial charge in [0.05, 0.1) is 4.90 Å². The number of carbonyl (C=O) groups is 1. The number of hydrogen-bond acceptors (Lipinski definition) is 3. The van der Waals surface area contributed by atoms with Crippen molar-refractivity contribution in [2.45, 2.75) is 57.9 Å². The van der Waals surface area contributed by atoms with Gasteiger partial charge >= 0.3 is 0 Å². The van der Waals surface area contributed by atoms with Crippen LogP contribution in [0.1, 0.15) is 46.1 Å². The Labute approximate surface area is 151 Å². The Hall–Kier alpha value is -1.40. The van der Waals surface area contributed by atoms with E-state index in [0.29, 0.717) is 36.7 Å². The first-order valence-corrected chi connectivity index (χ1v) is 10.6. The van der Waals surface area contributed by atoms with E-state index in [4.69, 9.17) is 0 Å². The molecule has 1 aromatic carbocycles. The van der Waals surface area contributed by atoms with Crippen LogP contribution in [0.25, 0.3) is 0 Å². The molecule has 2 rings (SSSR count). The molecule has 0 spiro atoms. The average Bonchev–Trinajstić information content (AvgIpc) is 2.61. The molecule has 0 bridgehead atoms. The summed E-state index contributed by atoms with van der Waals surface area (Å²) in [4.78, 5) is 12.7. The maximum Gasteiger partial charge on any atom is 0.243 e. The number of piperidine rings is 1. The summed E-state index contributed by atoms with van der Waals surface area (Å²) in [5.41, 5.74) is 1.12. The highest BCUT2D eigenvalue weighted by molar-refractivity contribution is 7.89. The molecule has 1 heterocycles. The lowest BCUT2D eigenvalue weighted by Gasteiger charge is -2.31. The molecule has 1 saturated heterocycles. The lowest BCUT2D eigenvalue weighted by Crippen LogP contribution is -2.45. The Kier molecular flexibility index (Phi) is 6.63. The summed E-state index contributed by atoms with van der Waals surface area (Å²) in [5, 5.41) is 3.04. The third-order valence-corrected chi connectivity index (χ3v) is 7.08. The van der Waals surface area contributed by atoms with Gasteiger partial charge in [-0.15, -0.1) is 0 Å². The number of aryl methyl sites for hydroxylation is 1. The predicted octanol–water partition coefficient (Wildman–Crippen LogP) is 2.81. The Balaban J connectivity index is 1.97. The number of amides is 1. The van der Waals surface area contributed by atoms with Gasteiger partial charge in [0.2, 0.25) is 15.9 Å². The molecule has 1 aromatic rings. The highest BCUT2D eigenvalue weighted by Gasteiger charge is 2.32. The minimum atomic E-state index is -3.47. The fraction of sp³-hybridized carbons (Fsp3) is 0.632. The standard InChI is InChI=1S/C19H30N2O3S/c1-5-16-6-8-18(9-7-16)25(23,24)21-12-10-17(11-13-21)19(22)20-15(4)14(2)3/h6-9,14-15,17H,5,10-13H2,1-4H3,(H,20,22). The Morgan fingerprint density at radius 1 is 1.16 bits per heavy atom. The molecule has 0 aliphatic carbocycles. The van der Waals surface area contributed by atoms with Crippen LogP contribution >= 0.6 is 0 Å². The SMILES string of the molecule is CCc1ccc(S(=O)(=O)N2CCC(C(=O)NC(C)C(C)C)CC2)cc1. The number of nitrogens with one attached hydrogen (secondary N) is 1. The van der Waals surface area contributed by atoms with E-state index in [1.165, 1.54) is 4.31 Å². The van der Waals surface area contributed by atoms with E-state index >= 15 is 0 Å². The summed E-state index contributed by atoms with van der Waals surface area (Å²) in [6, 6.07) is 7.21. The lowest BCUT2D eigenvalue weighted by atomic mass is 9.96. The molecule has 6 heteroatoms. The van der Waals surface area contributed by atoms with Gasteiger partial charge in [-0.3, -0.25) is 4.79 Å². The Morgan fingerprint density at radius 3 is 2.20 bits per heavy atom. The number of rotatable bonds is 6. The smallest absolute Gasteiger partial charge is 0.243 e. The Morgan fingerprint density at radius 2 is 1.72 bits per heavy atom. The van der Waals surface area contributed by atoms with Gasteiger partial charge in [-0.25, -0.2) is 8.42 Å². The monoisotopic (exact) mass is 366 g/mol. The second-order valence-corrected chi connectivity index (χ2v) is 9.16. The van der Waals surface area contributed by atoms with Crippen LogP contribution in [-0.2, 0) is 21.2 Å². The van der Waals surface area contributed by atoms with Crippen LogP contribution in [0.2, 0.25) is 0 Å². The van der Waals surface area contributed by atoms with Crippen molar-refractivity contribution in [3.8, 4) is 0 Å². The van der Waals surface area contributed by atoms with Crippen LogP contribution < -0.4 is 5.32 Å². The topological polar surface area (TPSA) is 66.5 Å². The molecule has 5 nitrogen and oxygen atoms in total. The molecule has 1 aliphatic rings. The van der Waals surface area contributed by atoms with E-state index in [2.05, 4.69) is 19.2 Å². The number of benzene rings is 1. The van der Waals surface area contributed by atoms with Crippen LogP contribution in [0.5, 0.6) is 0 Å². The molecule has 1 atom stereocenters. The van der Waals surface area contributed by atoms with Crippen molar-refractivity contribution in [2.24, 2.45) is 11.8 Å². The zero-order chi connectivity index (χ0) is 18.6. The highest BCUT2D eigenvalue weighted by Crippen LogP contribution is 2.24. The summed E-state index contributed by atoms with van der Waals surface area (Å²) < 4.78 is 27.0. The maximum absolute atomic E-state index is 12.8. The molecule has 0 radical (unpaired) electrons. The van der Waals surface area contributed by atoms with Crippen molar-refractivity contribution < 1.29 is 13.2 Å². The van der Waals surface area contributed by atoms with Gasteiger partial charge in [0, 0.05) is 25.0 Å². The summed E-state index contributed by atoms with van der Waals surface area (Å²) in [6.45, 7) is 8.98. The number of carbonyl (C=O) groups excluding carboxylic acids is 1. The van der Waals surface area contributed by atoms with Gasteiger partial charge in [0.1, 0.15) is 0 Å². The van der Waals surface area contributed by atoms with Crippen LogP contribution in [0.4, 0.5) is 0 Å². The van der Waals surface area contributed by atoms with E-state index in [1.807, 2.05) is 26.0 Å². The third-order valence-electron chi connectivity index (χ3n) is 5.16. The minimum absolute atomic E-state index is 0.0468. The van der Waals surface area contributed by atoms with E-state index in [-0.39, 0.29) is 17.9 Å². The molecule has 1 fully saturated rings. The van der Waals surface area contributed by atoms with Crippen molar-refractivity contribution in [3.63, 3.8) is 0 Å². The van der Waals surface area contributed by atoms with Crippen LogP contribution in [0.15, 0.2) is 29.2 Å². The van der Waals surface area contributed by atoms with Gasteiger partial charge < -0.3 is 5.32 Å². The zero-order valence-electron chi connectivity index (χ0n) is 15.7. The molecule has 1 N–H and O–H groups in total. The second-order valence-electron chi connectivity index (χ2n) is 7.22. The molecule has 140 valence electrons. The molecule has 0 aromatic heterocycles. The molecule has 25 heavy (non-hydrogen) atoms. The number of nitrogens with zero attached hydrogens (tertiary/aromatic N) is 1. The molecule has 1 amide bonds. The third kappa shape index (κ3) is 4.82. The second kappa shape index (κ2) is 8.32. The maximum atomic E-state index is 12.8. The summed E-state index contributed by atoms with van der Waals surface area (Å²) in [6.07, 6.45) is 2.03. The van der Waals surface area contributed by atoms with Gasteiger partial charge in [-0.1, -0.05) is 32.9 Å². The molecular formula is C19H30N2O3S. The van der Waals surface area contributed by atoms with E-state index in [1.54, 1.807) is 12.1 Å². The van der Waals surface area contributed by atoms with E-state index < -0.39 is 10.0 Å². The fourth-order valence-corrected chi connectivity index (χ4v) is 4.38. The van der Waals surface area contributed by atoms with Crippen molar-refractivity contribution in [1.82, 2.24) is 9.62 Å². The normalized spacial score (nSPS) is 18.3. The van der Waals surface area contributed by atoms with Gasteiger partial charge in [0.15, 0.2) is 0 Å². The van der Waals surface area contributed by atoms with Gasteiger partial charge in [-0.2, -0.15) is 4.31 Å². The van der Waals surface area contributed by atoms with Crippen LogP contribution in [0.3, 0.4) is 0 Å². The largest absolute Gasteiger partial charge is 0.353 e. The first-order chi connectivity index (χ1) is 11.8. The Bertz CT molecular complexity index is 675. The molecular weight excluding hydrogens is 336 g/mol. The number of sulfonamides is 1. The minimum Gasteiger partial charge on any atom is -0.353 e. The fourth-order valence-electron chi connectivity index (χ4n) is 2.91. The predicted molar refractivity (Wildman–Crippen MR) is 99.7 cm³/mol. The number of hydrogen-bond donors (Lipinski definition) is 1. The zero-order valence-corrected chi connectivity index (χ0v) is 16.5. The van der Waals surface area contributed by atoms with Crippen LogP contribution in [-0.4, -0.2) is 37.8 Å². The molecule has 1 unspecified atom stereocenters. The van der Waals surface area contributed by atoms with Crippen molar-refractivity contribution in [2.75, 3.05) is 13.1 Å². The quantitative estimate of drug-likeness (QED) is 0.842. The van der Waals surface area contributed by atoms with Crippen molar-refractivity contribution in [1.29, 1.82) is 0 Å². The van der Waals surface area contributed by atoms with E-state index in [0.717, 1.165) is 12.0 Å². The van der Waals surface area contributed by atoms with Crippen molar-refractivity contribution in [3.05, 3.63) is 29.8 Å². The first kappa shape index (κ1) is 19.9. The average molecular weight is 367 g/mol. The van der Waals surface area contributed by atoms with Gasteiger partial charge in [-0.05, 0) is 49.8 Å². The molecule has 1 aliphatic heterocycles. The van der Waals surface area contributed by atoms with Gasteiger partial charge in [0.25, 0.3) is 0 Å². The van der Waals surface area contributed by atoms with Crippen molar-refractivity contribution >= 4 is 15.9 Å². The molecule has 0 saturated carbocycles. The summed E-state index contributed by atoms with van der Waals surface area (Å²) in [5.74, 6) is 0.330. The van der Waals surface area contributed by atoms with Crippen LogP contribution in [0, 0.1) is 11.8 Å². The van der Waals surface area contributed by atoms with E-state index in [9.17, 15) is 13.2 Å². The summed E-state index contributed by atoms with van der Waals surface area (Å²) in [7, 11) is -3.47. The summed E-state index contributed by atoms with van der Waals surface area (Å²) >= 11 is 0. The lowest BCUT2D eigenvalue weighted by molar-refractivity contribution is -0.127. The highest BCUT2D eigenvalue weighted by atomic mass is 32.2. The first-order valence-electron chi connectivity index (χ1n) is 9.15.